The molecule has 1 unspecified atom stereocenters. The number of ether oxygens (including phenoxy) is 1. The number of carbonyl (C=O) groups is 2. The van der Waals surface area contributed by atoms with Crippen molar-refractivity contribution in [3.8, 4) is 5.75 Å². The average Bonchev–Trinajstić information content (AvgIpc) is 3.59. The molecule has 1 aliphatic heterocycles. The third kappa shape index (κ3) is 4.91. The first kappa shape index (κ1) is 23.5. The molecule has 0 spiro atoms. The monoisotopic (exact) mass is 484 g/mol. The second-order valence-corrected chi connectivity index (χ2v) is 9.08. The number of hydrogen-bond donors (Lipinski definition) is 1. The minimum Gasteiger partial charge on any atom is -0.486 e. The van der Waals surface area contributed by atoms with Gasteiger partial charge in [0.1, 0.15) is 18.1 Å². The highest BCUT2D eigenvalue weighted by Gasteiger charge is 2.34. The number of fused-ring (bicyclic) bond motifs is 1. The first-order valence-corrected chi connectivity index (χ1v) is 12.0. The molecule has 1 aliphatic rings. The summed E-state index contributed by atoms with van der Waals surface area (Å²) in [4.78, 5) is 27.3. The molecule has 1 N–H and O–H groups in total. The summed E-state index contributed by atoms with van der Waals surface area (Å²) in [7, 11) is 0. The lowest BCUT2D eigenvalue weighted by Gasteiger charge is -2.37. The highest BCUT2D eigenvalue weighted by Crippen LogP contribution is 2.38. The van der Waals surface area contributed by atoms with Crippen molar-refractivity contribution >= 4 is 11.8 Å². The Morgan fingerprint density at radius 2 is 1.86 bits per heavy atom. The van der Waals surface area contributed by atoms with Crippen LogP contribution in [0.1, 0.15) is 63.4 Å². The van der Waals surface area contributed by atoms with Crippen molar-refractivity contribution in [3.63, 3.8) is 0 Å². The highest BCUT2D eigenvalue weighted by molar-refractivity contribution is 5.92. The van der Waals surface area contributed by atoms with Crippen molar-refractivity contribution in [2.45, 2.75) is 39.0 Å². The average molecular weight is 485 g/mol. The zero-order valence-electron chi connectivity index (χ0n) is 20.3. The molecule has 0 fully saturated rings. The van der Waals surface area contributed by atoms with Gasteiger partial charge in [-0.05, 0) is 73.4 Å². The summed E-state index contributed by atoms with van der Waals surface area (Å²) in [6, 6.07) is 22.5. The normalized spacial score (nSPS) is 15.0. The van der Waals surface area contributed by atoms with Crippen LogP contribution in [0.2, 0.25) is 0 Å². The van der Waals surface area contributed by atoms with Gasteiger partial charge in [0, 0.05) is 12.6 Å². The van der Waals surface area contributed by atoms with Gasteiger partial charge in [-0.25, -0.2) is 0 Å². The zero-order chi connectivity index (χ0) is 25.1. The lowest BCUT2D eigenvalue weighted by Crippen LogP contribution is -2.40. The third-order valence-corrected chi connectivity index (χ3v) is 6.14. The highest BCUT2D eigenvalue weighted by atomic mass is 16.5. The maximum absolute atomic E-state index is 13.3. The van der Waals surface area contributed by atoms with E-state index in [0.29, 0.717) is 23.8 Å². The Morgan fingerprint density at radius 1 is 1.03 bits per heavy atom. The van der Waals surface area contributed by atoms with Gasteiger partial charge in [0.05, 0.1) is 12.3 Å². The van der Waals surface area contributed by atoms with E-state index in [1.807, 2.05) is 61.2 Å². The molecule has 0 saturated heterocycles. The fourth-order valence-electron chi connectivity index (χ4n) is 4.50. The Labute approximate surface area is 209 Å². The van der Waals surface area contributed by atoms with Crippen LogP contribution in [0.15, 0.2) is 87.9 Å². The molecule has 2 amide bonds. The predicted molar refractivity (Wildman–Crippen MR) is 134 cm³/mol. The lowest BCUT2D eigenvalue weighted by atomic mass is 9.87. The van der Waals surface area contributed by atoms with Gasteiger partial charge in [0.15, 0.2) is 11.5 Å². The van der Waals surface area contributed by atoms with Crippen LogP contribution < -0.4 is 10.1 Å². The molecular weight excluding hydrogens is 456 g/mol. The molecule has 3 heterocycles. The van der Waals surface area contributed by atoms with Crippen LogP contribution >= 0.6 is 0 Å². The number of hydrogen-bond acceptors (Lipinski definition) is 5. The van der Waals surface area contributed by atoms with E-state index in [4.69, 9.17) is 13.6 Å². The summed E-state index contributed by atoms with van der Waals surface area (Å²) >= 11 is 0. The van der Waals surface area contributed by atoms with Crippen LogP contribution in [0.25, 0.3) is 0 Å². The Balaban J connectivity index is 1.40. The van der Waals surface area contributed by atoms with Crippen LogP contribution in [0.5, 0.6) is 5.75 Å². The minimum absolute atomic E-state index is 0.0228. The van der Waals surface area contributed by atoms with Gasteiger partial charge < -0.3 is 23.8 Å². The number of nitrogens with zero attached hydrogens (tertiary/aromatic N) is 1. The van der Waals surface area contributed by atoms with E-state index in [1.54, 1.807) is 24.3 Å². The number of benzene rings is 2. The predicted octanol–water partition coefficient (Wildman–Crippen LogP) is 5.38. The number of rotatable bonds is 7. The van der Waals surface area contributed by atoms with Crippen molar-refractivity contribution in [2.24, 2.45) is 0 Å². The molecule has 7 nitrogen and oxygen atoms in total. The summed E-state index contributed by atoms with van der Waals surface area (Å²) in [5, 5.41) is 2.81. The van der Waals surface area contributed by atoms with Gasteiger partial charge in [-0.3, -0.25) is 9.59 Å². The number of nitrogens with one attached hydrogen (secondary N) is 1. The van der Waals surface area contributed by atoms with Crippen molar-refractivity contribution in [1.29, 1.82) is 0 Å². The van der Waals surface area contributed by atoms with E-state index in [0.717, 1.165) is 17.5 Å². The van der Waals surface area contributed by atoms with Crippen molar-refractivity contribution in [2.75, 3.05) is 6.54 Å². The van der Waals surface area contributed by atoms with Gasteiger partial charge >= 0.3 is 0 Å². The standard InChI is InChI=1S/C29H28N2O5/c1-19(2)30-28(32)25-13-12-23(36-25)18-35-22-11-10-20-14-15-31(29(33)26-9-6-16-34-26)27(24(20)17-22)21-7-4-3-5-8-21/h3-13,16-17,19,27H,14-15,18H2,1-2H3,(H,30,32). The van der Waals surface area contributed by atoms with E-state index in [1.165, 1.54) is 11.8 Å². The van der Waals surface area contributed by atoms with Crippen LogP contribution in [0, 0.1) is 0 Å². The molecule has 0 radical (unpaired) electrons. The smallest absolute Gasteiger partial charge is 0.290 e. The molecule has 7 heteroatoms. The quantitative estimate of drug-likeness (QED) is 0.381. The number of furan rings is 2. The van der Waals surface area contributed by atoms with E-state index in [2.05, 4.69) is 11.4 Å². The number of carbonyl (C=O) groups excluding carboxylic acids is 2. The molecule has 2 aromatic carbocycles. The van der Waals surface area contributed by atoms with Crippen LogP contribution in [-0.2, 0) is 13.0 Å². The summed E-state index contributed by atoms with van der Waals surface area (Å²) < 4.78 is 17.1. The van der Waals surface area contributed by atoms with Crippen molar-refractivity contribution in [3.05, 3.63) is 113 Å². The first-order chi connectivity index (χ1) is 17.5. The molecule has 0 bridgehead atoms. The molecule has 2 aromatic heterocycles. The van der Waals surface area contributed by atoms with Crippen LogP contribution in [-0.4, -0.2) is 29.3 Å². The molecule has 0 aliphatic carbocycles. The van der Waals surface area contributed by atoms with Gasteiger partial charge in [-0.15, -0.1) is 0 Å². The van der Waals surface area contributed by atoms with E-state index in [-0.39, 0.29) is 36.3 Å². The van der Waals surface area contributed by atoms with E-state index >= 15 is 0 Å². The van der Waals surface area contributed by atoms with Gasteiger partial charge in [-0.1, -0.05) is 36.4 Å². The molecule has 4 aromatic rings. The van der Waals surface area contributed by atoms with Gasteiger partial charge in [0.25, 0.3) is 11.8 Å². The summed E-state index contributed by atoms with van der Waals surface area (Å²) in [5.41, 5.74) is 3.20. The second-order valence-electron chi connectivity index (χ2n) is 9.08. The fourth-order valence-corrected chi connectivity index (χ4v) is 4.50. The molecular formula is C29H28N2O5. The topological polar surface area (TPSA) is 84.9 Å². The van der Waals surface area contributed by atoms with Crippen molar-refractivity contribution in [1.82, 2.24) is 10.2 Å². The summed E-state index contributed by atoms with van der Waals surface area (Å²) in [6.07, 6.45) is 2.25. The minimum atomic E-state index is -0.272. The van der Waals surface area contributed by atoms with E-state index < -0.39 is 0 Å². The van der Waals surface area contributed by atoms with Gasteiger partial charge in [-0.2, -0.15) is 0 Å². The molecule has 1 atom stereocenters. The molecule has 0 saturated carbocycles. The maximum atomic E-state index is 13.3. The van der Waals surface area contributed by atoms with Crippen molar-refractivity contribution < 1.29 is 23.2 Å². The Morgan fingerprint density at radius 3 is 2.61 bits per heavy atom. The Kier molecular flexibility index (Phi) is 6.62. The fraction of sp³-hybridized carbons (Fsp3) is 0.241. The first-order valence-electron chi connectivity index (χ1n) is 12.0. The lowest BCUT2D eigenvalue weighted by molar-refractivity contribution is 0.0661. The molecule has 5 rings (SSSR count). The SMILES string of the molecule is CC(C)NC(=O)c1ccc(COc2ccc3c(c2)C(c2ccccc2)N(C(=O)c2ccco2)CC3)o1. The van der Waals surface area contributed by atoms with Crippen LogP contribution in [0.3, 0.4) is 0 Å². The zero-order valence-corrected chi connectivity index (χ0v) is 20.3. The Bertz CT molecular complexity index is 1340. The van der Waals surface area contributed by atoms with E-state index in [9.17, 15) is 9.59 Å². The molecule has 36 heavy (non-hydrogen) atoms. The summed E-state index contributed by atoms with van der Waals surface area (Å²) in [5.74, 6) is 1.39. The number of amides is 2. The third-order valence-electron chi connectivity index (χ3n) is 6.14. The maximum Gasteiger partial charge on any atom is 0.290 e. The largest absolute Gasteiger partial charge is 0.486 e. The second kappa shape index (κ2) is 10.2. The Hall–Kier alpha value is -4.26. The van der Waals surface area contributed by atoms with Crippen LogP contribution in [0.4, 0.5) is 0 Å². The molecule has 184 valence electrons. The van der Waals surface area contributed by atoms with Gasteiger partial charge in [0.2, 0.25) is 0 Å². The summed E-state index contributed by atoms with van der Waals surface area (Å²) in [6.45, 7) is 4.55.